The number of hydrogen-bond acceptors (Lipinski definition) is 2. The number of H-pyrrole nitrogens is 1. The molecule has 1 aromatic heterocycles. The molecule has 0 saturated carbocycles. The molecule has 0 aliphatic rings. The highest BCUT2D eigenvalue weighted by atomic mass is 35.5. The highest BCUT2D eigenvalue weighted by molar-refractivity contribution is 6.30. The maximum atomic E-state index is 10.8. The summed E-state index contributed by atoms with van der Waals surface area (Å²) < 4.78 is 0. The fourth-order valence-electron chi connectivity index (χ4n) is 0.911. The Morgan fingerprint density at radius 1 is 1.67 bits per heavy atom. The summed E-state index contributed by atoms with van der Waals surface area (Å²) in [5.41, 5.74) is 0.804. The van der Waals surface area contributed by atoms with E-state index in [0.29, 0.717) is 0 Å². The molecule has 0 aromatic carbocycles. The van der Waals surface area contributed by atoms with Gasteiger partial charge in [-0.1, -0.05) is 11.6 Å². The Hall–Kier alpha value is -0.800. The van der Waals surface area contributed by atoms with Crippen LogP contribution in [0.3, 0.4) is 0 Å². The zero-order chi connectivity index (χ0) is 8.97. The van der Waals surface area contributed by atoms with Gasteiger partial charge in [0.15, 0.2) is 0 Å². The first kappa shape index (κ1) is 9.29. The molecule has 0 bridgehead atoms. The van der Waals surface area contributed by atoms with Crippen LogP contribution in [-0.2, 0) is 6.42 Å². The number of hydrogen-bond donors (Lipinski definition) is 2. The number of aromatic nitrogens is 1. The molecule has 0 aliphatic heterocycles. The van der Waals surface area contributed by atoms with E-state index in [9.17, 15) is 4.79 Å². The van der Waals surface area contributed by atoms with Crippen LogP contribution in [-0.4, -0.2) is 18.6 Å². The predicted octanol–water partition coefficient (Wildman–Crippen LogP) is 0.790. The van der Waals surface area contributed by atoms with Crippen molar-refractivity contribution in [2.75, 3.05) is 13.6 Å². The van der Waals surface area contributed by atoms with Crippen molar-refractivity contribution in [1.82, 2.24) is 10.3 Å². The monoisotopic (exact) mass is 186 g/mol. The lowest BCUT2D eigenvalue weighted by molar-refractivity contribution is 0.789. The molecule has 0 unspecified atom stereocenters. The quantitative estimate of drug-likeness (QED) is 0.733. The van der Waals surface area contributed by atoms with Gasteiger partial charge in [0.05, 0.1) is 0 Å². The average molecular weight is 187 g/mol. The molecule has 3 nitrogen and oxygen atoms in total. The number of nitrogens with one attached hydrogen (secondary N) is 2. The number of pyridine rings is 1. The lowest BCUT2D eigenvalue weighted by Gasteiger charge is -1.99. The van der Waals surface area contributed by atoms with Crippen molar-refractivity contribution in [3.8, 4) is 0 Å². The van der Waals surface area contributed by atoms with Crippen LogP contribution in [0.15, 0.2) is 17.1 Å². The Morgan fingerprint density at radius 2 is 2.42 bits per heavy atom. The molecule has 0 aliphatic carbocycles. The van der Waals surface area contributed by atoms with E-state index in [1.54, 1.807) is 12.3 Å². The Morgan fingerprint density at radius 3 is 3.00 bits per heavy atom. The van der Waals surface area contributed by atoms with Crippen molar-refractivity contribution in [3.63, 3.8) is 0 Å². The van der Waals surface area contributed by atoms with E-state index >= 15 is 0 Å². The van der Waals surface area contributed by atoms with E-state index < -0.39 is 0 Å². The van der Waals surface area contributed by atoms with Gasteiger partial charge in [0.25, 0.3) is 5.56 Å². The number of aromatic amines is 1. The van der Waals surface area contributed by atoms with Gasteiger partial charge in [0.1, 0.15) is 5.02 Å². The number of likely N-dealkylation sites (N-methyl/N-ethyl adjacent to an activating group) is 1. The summed E-state index contributed by atoms with van der Waals surface area (Å²) >= 11 is 5.63. The van der Waals surface area contributed by atoms with Crippen LogP contribution in [0.25, 0.3) is 0 Å². The smallest absolute Gasteiger partial charge is 0.266 e. The summed E-state index contributed by atoms with van der Waals surface area (Å²) in [6, 6.07) is 1.69. The Labute approximate surface area is 75.8 Å². The molecule has 2 N–H and O–H groups in total. The second kappa shape index (κ2) is 4.28. The van der Waals surface area contributed by atoms with Crippen molar-refractivity contribution < 1.29 is 0 Å². The maximum Gasteiger partial charge on any atom is 0.266 e. The molecule has 0 fully saturated rings. The van der Waals surface area contributed by atoms with Crippen molar-refractivity contribution in [1.29, 1.82) is 0 Å². The minimum atomic E-state index is -0.232. The molecule has 12 heavy (non-hydrogen) atoms. The standard InChI is InChI=1S/C8H11ClN2O/c1-10-3-2-6-4-7(9)8(12)11-5-6/h4-5,10H,2-3H2,1H3,(H,11,12). The lowest BCUT2D eigenvalue weighted by atomic mass is 10.2. The summed E-state index contributed by atoms with van der Waals surface area (Å²) in [7, 11) is 1.88. The van der Waals surface area contributed by atoms with Crippen LogP contribution < -0.4 is 10.9 Å². The average Bonchev–Trinajstić information content (AvgIpc) is 2.07. The minimum Gasteiger partial charge on any atom is -0.328 e. The summed E-state index contributed by atoms with van der Waals surface area (Å²) in [5.74, 6) is 0. The van der Waals surface area contributed by atoms with Gasteiger partial charge in [-0.15, -0.1) is 0 Å². The molecule has 0 spiro atoms. The zero-order valence-electron chi connectivity index (χ0n) is 6.86. The molecule has 1 heterocycles. The third-order valence-corrected chi connectivity index (χ3v) is 1.86. The fourth-order valence-corrected chi connectivity index (χ4v) is 1.11. The number of halogens is 1. The van der Waals surface area contributed by atoms with Gasteiger partial charge in [-0.05, 0) is 31.6 Å². The van der Waals surface area contributed by atoms with E-state index in [1.165, 1.54) is 0 Å². The maximum absolute atomic E-state index is 10.8. The molecule has 66 valence electrons. The van der Waals surface area contributed by atoms with Crippen LogP contribution in [0.4, 0.5) is 0 Å². The van der Waals surface area contributed by atoms with Gasteiger partial charge in [-0.2, -0.15) is 0 Å². The van der Waals surface area contributed by atoms with E-state index in [1.807, 2.05) is 7.05 Å². The van der Waals surface area contributed by atoms with E-state index in [4.69, 9.17) is 11.6 Å². The Balaban J connectivity index is 2.75. The third-order valence-electron chi connectivity index (χ3n) is 1.58. The van der Waals surface area contributed by atoms with E-state index in [-0.39, 0.29) is 10.6 Å². The van der Waals surface area contributed by atoms with Gasteiger partial charge >= 0.3 is 0 Å². The second-order valence-electron chi connectivity index (χ2n) is 2.54. The van der Waals surface area contributed by atoms with Crippen LogP contribution in [0.2, 0.25) is 5.02 Å². The van der Waals surface area contributed by atoms with Crippen LogP contribution in [0, 0.1) is 0 Å². The van der Waals surface area contributed by atoms with Crippen LogP contribution in [0.1, 0.15) is 5.56 Å². The Kier molecular flexibility index (Phi) is 3.31. The van der Waals surface area contributed by atoms with Crippen molar-refractivity contribution in [3.05, 3.63) is 33.2 Å². The molecule has 0 saturated heterocycles. The summed E-state index contributed by atoms with van der Waals surface area (Å²) in [6.45, 7) is 0.877. The van der Waals surface area contributed by atoms with E-state index in [0.717, 1.165) is 18.5 Å². The highest BCUT2D eigenvalue weighted by Gasteiger charge is 1.97. The molecule has 1 rings (SSSR count). The molecular formula is C8H11ClN2O. The summed E-state index contributed by atoms with van der Waals surface area (Å²) in [5, 5.41) is 3.27. The molecule has 4 heteroatoms. The van der Waals surface area contributed by atoms with Gasteiger partial charge in [0, 0.05) is 6.20 Å². The normalized spacial score (nSPS) is 10.2. The highest BCUT2D eigenvalue weighted by Crippen LogP contribution is 2.03. The van der Waals surface area contributed by atoms with E-state index in [2.05, 4.69) is 10.3 Å². The summed E-state index contributed by atoms with van der Waals surface area (Å²) in [6.07, 6.45) is 2.55. The van der Waals surface area contributed by atoms with Gasteiger partial charge in [0.2, 0.25) is 0 Å². The van der Waals surface area contributed by atoms with Gasteiger partial charge in [-0.25, -0.2) is 0 Å². The number of rotatable bonds is 3. The summed E-state index contributed by atoms with van der Waals surface area (Å²) in [4.78, 5) is 13.4. The molecule has 1 aromatic rings. The first-order valence-corrected chi connectivity index (χ1v) is 4.13. The lowest BCUT2D eigenvalue weighted by Crippen LogP contribution is -2.12. The first-order chi connectivity index (χ1) is 5.74. The van der Waals surface area contributed by atoms with Crippen molar-refractivity contribution in [2.45, 2.75) is 6.42 Å². The second-order valence-corrected chi connectivity index (χ2v) is 2.95. The topological polar surface area (TPSA) is 44.9 Å². The van der Waals surface area contributed by atoms with Crippen LogP contribution >= 0.6 is 11.6 Å². The molecular weight excluding hydrogens is 176 g/mol. The van der Waals surface area contributed by atoms with Crippen molar-refractivity contribution in [2.24, 2.45) is 0 Å². The minimum absolute atomic E-state index is 0.232. The van der Waals surface area contributed by atoms with Gasteiger partial charge in [-0.3, -0.25) is 4.79 Å². The Bertz CT molecular complexity index is 308. The predicted molar refractivity (Wildman–Crippen MR) is 49.7 cm³/mol. The SMILES string of the molecule is CNCCc1c[nH]c(=O)c(Cl)c1. The molecule has 0 radical (unpaired) electrons. The first-order valence-electron chi connectivity index (χ1n) is 3.75. The zero-order valence-corrected chi connectivity index (χ0v) is 7.61. The fraction of sp³-hybridized carbons (Fsp3) is 0.375. The molecule has 0 amide bonds. The third kappa shape index (κ3) is 2.36. The largest absolute Gasteiger partial charge is 0.328 e. The van der Waals surface area contributed by atoms with Crippen LogP contribution in [0.5, 0.6) is 0 Å². The van der Waals surface area contributed by atoms with Gasteiger partial charge < -0.3 is 10.3 Å². The molecule has 0 atom stereocenters. The van der Waals surface area contributed by atoms with Crippen molar-refractivity contribution >= 4 is 11.6 Å².